The van der Waals surface area contributed by atoms with E-state index >= 15 is 0 Å². The number of ether oxygens (including phenoxy) is 1. The maximum absolute atomic E-state index is 13.7. The molecule has 6 heteroatoms. The van der Waals surface area contributed by atoms with Crippen LogP contribution in [0.4, 0.5) is 17.1 Å². The minimum atomic E-state index is -0.927. The number of β-lactam (4-membered cyclic amide) rings is 2. The van der Waals surface area contributed by atoms with Crippen LogP contribution in [0.2, 0.25) is 0 Å². The van der Waals surface area contributed by atoms with Crippen LogP contribution in [-0.4, -0.2) is 23.9 Å². The monoisotopic (exact) mass is 479 g/mol. The van der Waals surface area contributed by atoms with Crippen LogP contribution in [0.15, 0.2) is 83.9 Å². The quantitative estimate of drug-likeness (QED) is 0.451. The Kier molecular flexibility index (Phi) is 4.56. The summed E-state index contributed by atoms with van der Waals surface area (Å²) in [5, 5.41) is 0. The van der Waals surface area contributed by atoms with Crippen molar-refractivity contribution in [3.05, 3.63) is 90.0 Å². The summed E-state index contributed by atoms with van der Waals surface area (Å²) < 4.78 is 6.78. The van der Waals surface area contributed by atoms with Crippen molar-refractivity contribution in [1.29, 1.82) is 0 Å². The Bertz CT molecular complexity index is 1430. The number of hydrogen-bond donors (Lipinski definition) is 0. The van der Waals surface area contributed by atoms with Crippen LogP contribution in [0, 0.1) is 17.8 Å². The molecule has 6 rings (SSSR count). The van der Waals surface area contributed by atoms with Gasteiger partial charge in [-0.1, -0.05) is 54.1 Å². The minimum absolute atomic E-state index is 0.00298. The molecule has 0 saturated carbocycles. The molecule has 3 heterocycles. The molecule has 0 aliphatic carbocycles. The number of anilines is 2. The van der Waals surface area contributed by atoms with Crippen molar-refractivity contribution in [2.24, 2.45) is 15.8 Å². The standard InChI is InChI=1S/C30H29N3O3/c1-19-16-17-23-22(18-19)30(29(4,5)26(35)33(30)21-14-10-7-11-15-21)24(31-23)36-27-28(2,3)25(34)32(27)20-12-8-6-9-13-20/h6-18,27H,1-5H3/t27-,30-/m1/s1. The Balaban J connectivity index is 1.51. The van der Waals surface area contributed by atoms with E-state index in [2.05, 4.69) is 6.07 Å². The lowest BCUT2D eigenvalue weighted by Crippen LogP contribution is -2.78. The summed E-state index contributed by atoms with van der Waals surface area (Å²) in [4.78, 5) is 35.3. The Morgan fingerprint density at radius 3 is 2.06 bits per heavy atom. The molecule has 36 heavy (non-hydrogen) atoms. The van der Waals surface area contributed by atoms with Gasteiger partial charge in [-0.15, -0.1) is 0 Å². The number of carbonyl (C=O) groups excluding carboxylic acids is 2. The molecule has 3 aromatic rings. The molecule has 0 unspecified atom stereocenters. The highest BCUT2D eigenvalue weighted by Gasteiger charge is 2.74. The fourth-order valence-electron chi connectivity index (χ4n) is 5.90. The molecule has 182 valence electrons. The number of aliphatic imine (C=N–C) groups is 1. The molecule has 6 nitrogen and oxygen atoms in total. The van der Waals surface area contributed by atoms with Gasteiger partial charge in [-0.05, 0) is 65.0 Å². The van der Waals surface area contributed by atoms with Crippen LogP contribution in [0.1, 0.15) is 38.8 Å². The van der Waals surface area contributed by atoms with Gasteiger partial charge in [0.2, 0.25) is 17.7 Å². The Morgan fingerprint density at radius 2 is 1.42 bits per heavy atom. The molecule has 2 saturated heterocycles. The van der Waals surface area contributed by atoms with Crippen molar-refractivity contribution in [3.8, 4) is 0 Å². The molecule has 2 fully saturated rings. The van der Waals surface area contributed by atoms with Gasteiger partial charge in [-0.2, -0.15) is 0 Å². The molecule has 1 spiro atoms. The highest BCUT2D eigenvalue weighted by Crippen LogP contribution is 2.63. The van der Waals surface area contributed by atoms with Gasteiger partial charge in [0.1, 0.15) is 5.41 Å². The molecule has 0 bridgehead atoms. The normalized spacial score (nSPS) is 25.2. The predicted octanol–water partition coefficient (Wildman–Crippen LogP) is 5.72. The number of amides is 2. The molecule has 0 N–H and O–H groups in total. The van der Waals surface area contributed by atoms with Gasteiger partial charge >= 0.3 is 0 Å². The number of aryl methyl sites for hydroxylation is 1. The zero-order chi connectivity index (χ0) is 25.5. The Hall–Kier alpha value is -3.93. The van der Waals surface area contributed by atoms with Crippen molar-refractivity contribution in [2.45, 2.75) is 46.4 Å². The van der Waals surface area contributed by atoms with E-state index in [4.69, 9.17) is 9.73 Å². The second kappa shape index (κ2) is 7.29. The predicted molar refractivity (Wildman–Crippen MR) is 140 cm³/mol. The largest absolute Gasteiger partial charge is 0.453 e. The first kappa shape index (κ1) is 22.5. The number of nitrogens with zero attached hydrogens (tertiary/aromatic N) is 3. The van der Waals surface area contributed by atoms with Crippen molar-refractivity contribution in [1.82, 2.24) is 0 Å². The maximum Gasteiger partial charge on any atom is 0.241 e. The average molecular weight is 480 g/mol. The Labute approximate surface area is 211 Å². The summed E-state index contributed by atoms with van der Waals surface area (Å²) in [6, 6.07) is 25.3. The summed E-state index contributed by atoms with van der Waals surface area (Å²) in [6.45, 7) is 9.74. The van der Waals surface area contributed by atoms with E-state index in [1.165, 1.54) is 0 Å². The third kappa shape index (κ3) is 2.64. The molecule has 3 aromatic carbocycles. The molecule has 2 amide bonds. The van der Waals surface area contributed by atoms with Crippen LogP contribution >= 0.6 is 0 Å². The van der Waals surface area contributed by atoms with Gasteiger partial charge < -0.3 is 4.74 Å². The first-order valence-electron chi connectivity index (χ1n) is 12.3. The zero-order valence-corrected chi connectivity index (χ0v) is 21.1. The lowest BCUT2D eigenvalue weighted by Gasteiger charge is -2.62. The SMILES string of the molecule is Cc1ccc2c(c1)[C@]1(C(O[C@H]3N(c4ccccc4)C(=O)C3(C)C)=N2)N(c2ccccc2)C(=O)C1(C)C. The molecule has 3 aliphatic rings. The summed E-state index contributed by atoms with van der Waals surface area (Å²) in [7, 11) is 0. The van der Waals surface area contributed by atoms with E-state index in [0.29, 0.717) is 5.90 Å². The summed E-state index contributed by atoms with van der Waals surface area (Å²) in [5.74, 6) is 0.440. The summed E-state index contributed by atoms with van der Waals surface area (Å²) in [5.41, 5.74) is 1.89. The van der Waals surface area contributed by atoms with Gasteiger partial charge in [0.15, 0.2) is 11.8 Å². The van der Waals surface area contributed by atoms with Gasteiger partial charge in [-0.3, -0.25) is 19.4 Å². The van der Waals surface area contributed by atoms with Gasteiger partial charge in [0.25, 0.3) is 0 Å². The van der Waals surface area contributed by atoms with Crippen molar-refractivity contribution in [3.63, 3.8) is 0 Å². The van der Waals surface area contributed by atoms with E-state index in [-0.39, 0.29) is 11.8 Å². The van der Waals surface area contributed by atoms with Crippen LogP contribution in [0.5, 0.6) is 0 Å². The fourth-order valence-corrected chi connectivity index (χ4v) is 5.90. The third-order valence-electron chi connectivity index (χ3n) is 7.94. The average Bonchev–Trinajstić information content (AvgIpc) is 3.20. The van der Waals surface area contributed by atoms with Crippen LogP contribution < -0.4 is 9.80 Å². The van der Waals surface area contributed by atoms with E-state index in [9.17, 15) is 9.59 Å². The van der Waals surface area contributed by atoms with Gasteiger partial charge in [-0.25, -0.2) is 4.99 Å². The number of benzene rings is 3. The highest BCUT2D eigenvalue weighted by molar-refractivity contribution is 6.20. The van der Waals surface area contributed by atoms with Crippen LogP contribution in [-0.2, 0) is 19.9 Å². The van der Waals surface area contributed by atoms with Gasteiger partial charge in [0.05, 0.1) is 11.1 Å². The smallest absolute Gasteiger partial charge is 0.241 e. The number of hydrogen-bond acceptors (Lipinski definition) is 4. The first-order valence-corrected chi connectivity index (χ1v) is 12.3. The molecule has 0 aromatic heterocycles. The Morgan fingerprint density at radius 1 is 0.806 bits per heavy atom. The number of fused-ring (bicyclic) bond motifs is 2. The topological polar surface area (TPSA) is 62.2 Å². The first-order chi connectivity index (χ1) is 17.1. The fraction of sp³-hybridized carbons (Fsp3) is 0.300. The highest BCUT2D eigenvalue weighted by atomic mass is 16.5. The van der Waals surface area contributed by atoms with E-state index in [1.807, 2.05) is 112 Å². The number of para-hydroxylation sites is 2. The molecule has 2 atom stereocenters. The minimum Gasteiger partial charge on any atom is -0.453 e. The summed E-state index contributed by atoms with van der Waals surface area (Å²) in [6.07, 6.45) is -0.567. The van der Waals surface area contributed by atoms with E-state index < -0.39 is 22.6 Å². The third-order valence-corrected chi connectivity index (χ3v) is 7.94. The zero-order valence-electron chi connectivity index (χ0n) is 21.1. The lowest BCUT2D eigenvalue weighted by molar-refractivity contribution is -0.151. The summed E-state index contributed by atoms with van der Waals surface area (Å²) >= 11 is 0. The molecule has 3 aliphatic heterocycles. The van der Waals surface area contributed by atoms with Crippen LogP contribution in [0.25, 0.3) is 0 Å². The molecular weight excluding hydrogens is 450 g/mol. The number of rotatable bonds is 3. The maximum atomic E-state index is 13.7. The van der Waals surface area contributed by atoms with Crippen molar-refractivity contribution in [2.75, 3.05) is 9.80 Å². The van der Waals surface area contributed by atoms with Crippen molar-refractivity contribution >= 4 is 34.8 Å². The second-order valence-electron chi connectivity index (χ2n) is 11.0. The van der Waals surface area contributed by atoms with Crippen LogP contribution in [0.3, 0.4) is 0 Å². The molecule has 0 radical (unpaired) electrons. The van der Waals surface area contributed by atoms with Gasteiger partial charge in [0, 0.05) is 16.9 Å². The van der Waals surface area contributed by atoms with E-state index in [1.54, 1.807) is 4.90 Å². The lowest BCUT2D eigenvalue weighted by atomic mass is 9.59. The second-order valence-corrected chi connectivity index (χ2v) is 11.0. The number of carbonyl (C=O) groups is 2. The van der Waals surface area contributed by atoms with E-state index in [0.717, 1.165) is 28.2 Å². The van der Waals surface area contributed by atoms with Crippen molar-refractivity contribution < 1.29 is 14.3 Å². The molecular formula is C30H29N3O3.